The number of hydrogen-bond donors (Lipinski definition) is 1. The Morgan fingerprint density at radius 1 is 1.29 bits per heavy atom. The zero-order valence-electron chi connectivity index (χ0n) is 12.0. The van der Waals surface area contributed by atoms with E-state index in [1.165, 1.54) is 25.7 Å². The fourth-order valence-electron chi connectivity index (χ4n) is 2.77. The highest BCUT2D eigenvalue weighted by Gasteiger charge is 2.26. The van der Waals surface area contributed by atoms with Gasteiger partial charge in [0.15, 0.2) is 0 Å². The second-order valence-corrected chi connectivity index (χ2v) is 5.50. The molecule has 1 unspecified atom stereocenters. The third-order valence-corrected chi connectivity index (χ3v) is 4.13. The Hall–Kier alpha value is -0.120. The lowest BCUT2D eigenvalue weighted by Gasteiger charge is -2.38. The summed E-state index contributed by atoms with van der Waals surface area (Å²) < 4.78 is 5.35. The molecule has 3 heteroatoms. The summed E-state index contributed by atoms with van der Waals surface area (Å²) in [7, 11) is 4.07. The normalized spacial score (nSPS) is 27.4. The van der Waals surface area contributed by atoms with Crippen LogP contribution in [0.25, 0.3) is 0 Å². The molecule has 1 aliphatic rings. The van der Waals surface area contributed by atoms with Crippen LogP contribution in [-0.4, -0.2) is 50.8 Å². The van der Waals surface area contributed by atoms with Crippen LogP contribution in [0.5, 0.6) is 0 Å². The number of ether oxygens (including phenoxy) is 1. The molecular weight excluding hydrogens is 212 g/mol. The Bertz CT molecular complexity index is 191. The molecule has 0 aromatic rings. The average molecular weight is 242 g/mol. The van der Waals surface area contributed by atoms with E-state index in [1.807, 2.05) is 0 Å². The fourth-order valence-corrected chi connectivity index (χ4v) is 2.77. The summed E-state index contributed by atoms with van der Waals surface area (Å²) >= 11 is 0. The predicted octanol–water partition coefficient (Wildman–Crippen LogP) is 2.12. The minimum atomic E-state index is 0.512. The van der Waals surface area contributed by atoms with E-state index in [2.05, 4.69) is 31.1 Å². The molecule has 0 bridgehead atoms. The van der Waals surface area contributed by atoms with Gasteiger partial charge in [0.1, 0.15) is 0 Å². The summed E-state index contributed by atoms with van der Waals surface area (Å²) in [5.41, 5.74) is 0. The lowest BCUT2D eigenvalue weighted by atomic mass is 9.86. The van der Waals surface area contributed by atoms with Crippen LogP contribution in [0.3, 0.4) is 0 Å². The summed E-state index contributed by atoms with van der Waals surface area (Å²) in [4.78, 5) is 2.54. The van der Waals surface area contributed by atoms with Crippen LogP contribution in [0.2, 0.25) is 0 Å². The lowest BCUT2D eigenvalue weighted by molar-refractivity contribution is 0.0614. The largest absolute Gasteiger partial charge is 0.383 e. The van der Waals surface area contributed by atoms with Gasteiger partial charge >= 0.3 is 0 Å². The highest BCUT2D eigenvalue weighted by atomic mass is 16.5. The molecule has 3 nitrogen and oxygen atoms in total. The van der Waals surface area contributed by atoms with Gasteiger partial charge in [0.25, 0.3) is 0 Å². The predicted molar refractivity (Wildman–Crippen MR) is 73.4 cm³/mol. The van der Waals surface area contributed by atoms with E-state index in [0.717, 1.165) is 31.7 Å². The van der Waals surface area contributed by atoms with Gasteiger partial charge in [0.05, 0.1) is 6.61 Å². The summed E-state index contributed by atoms with van der Waals surface area (Å²) in [5, 5.41) is 3.44. The van der Waals surface area contributed by atoms with Gasteiger partial charge in [-0.2, -0.15) is 0 Å². The second-order valence-electron chi connectivity index (χ2n) is 5.50. The van der Waals surface area contributed by atoms with E-state index in [1.54, 1.807) is 7.11 Å². The number of methoxy groups -OCH3 is 1. The molecule has 1 aliphatic carbocycles. The topological polar surface area (TPSA) is 24.5 Å². The van der Waals surface area contributed by atoms with Crippen molar-refractivity contribution in [3.63, 3.8) is 0 Å². The van der Waals surface area contributed by atoms with Crippen LogP contribution in [0.1, 0.15) is 39.5 Å². The Morgan fingerprint density at radius 3 is 2.47 bits per heavy atom. The van der Waals surface area contributed by atoms with Gasteiger partial charge in [0, 0.05) is 25.7 Å². The molecule has 1 fully saturated rings. The maximum Gasteiger partial charge on any atom is 0.0630 e. The van der Waals surface area contributed by atoms with Crippen LogP contribution < -0.4 is 5.32 Å². The van der Waals surface area contributed by atoms with Crippen molar-refractivity contribution in [2.75, 3.05) is 33.9 Å². The molecule has 1 rings (SSSR count). The van der Waals surface area contributed by atoms with E-state index >= 15 is 0 Å². The Balaban J connectivity index is 2.42. The van der Waals surface area contributed by atoms with Crippen molar-refractivity contribution in [2.24, 2.45) is 5.92 Å². The van der Waals surface area contributed by atoms with Gasteiger partial charge in [0.2, 0.25) is 0 Å². The van der Waals surface area contributed by atoms with E-state index in [0.29, 0.717) is 6.04 Å². The van der Waals surface area contributed by atoms with Crippen molar-refractivity contribution < 1.29 is 4.74 Å². The first-order valence-electron chi connectivity index (χ1n) is 7.10. The summed E-state index contributed by atoms with van der Waals surface area (Å²) in [6.07, 6.45) is 5.47. The monoisotopic (exact) mass is 242 g/mol. The molecule has 0 aromatic heterocycles. The van der Waals surface area contributed by atoms with E-state index in [-0.39, 0.29) is 0 Å². The van der Waals surface area contributed by atoms with Crippen molar-refractivity contribution in [3.05, 3.63) is 0 Å². The third kappa shape index (κ3) is 4.94. The van der Waals surface area contributed by atoms with Crippen LogP contribution in [0.15, 0.2) is 0 Å². The minimum absolute atomic E-state index is 0.512. The van der Waals surface area contributed by atoms with Crippen LogP contribution in [0, 0.1) is 5.92 Å². The van der Waals surface area contributed by atoms with Crippen molar-refractivity contribution in [2.45, 2.75) is 51.6 Å². The molecule has 0 radical (unpaired) electrons. The van der Waals surface area contributed by atoms with E-state index in [4.69, 9.17) is 4.74 Å². The molecule has 1 N–H and O–H groups in total. The number of rotatable bonds is 7. The second kappa shape index (κ2) is 8.06. The molecule has 102 valence electrons. The Morgan fingerprint density at radius 2 is 1.94 bits per heavy atom. The maximum absolute atomic E-state index is 5.35. The number of nitrogens with one attached hydrogen (secondary N) is 1. The Labute approximate surface area is 107 Å². The third-order valence-electron chi connectivity index (χ3n) is 4.13. The van der Waals surface area contributed by atoms with Gasteiger partial charge in [-0.3, -0.25) is 4.90 Å². The number of likely N-dealkylation sites (N-methyl/N-ethyl adjacent to an activating group) is 2. The Kier molecular flexibility index (Phi) is 7.09. The highest BCUT2D eigenvalue weighted by molar-refractivity contribution is 4.82. The van der Waals surface area contributed by atoms with Crippen molar-refractivity contribution in [1.29, 1.82) is 0 Å². The van der Waals surface area contributed by atoms with Gasteiger partial charge in [-0.1, -0.05) is 13.8 Å². The minimum Gasteiger partial charge on any atom is -0.383 e. The van der Waals surface area contributed by atoms with Crippen LogP contribution in [-0.2, 0) is 4.74 Å². The highest BCUT2D eigenvalue weighted by Crippen LogP contribution is 2.27. The number of nitrogens with zero attached hydrogens (tertiary/aromatic N) is 1. The zero-order chi connectivity index (χ0) is 12.7. The molecule has 0 heterocycles. The van der Waals surface area contributed by atoms with Gasteiger partial charge in [-0.25, -0.2) is 0 Å². The molecule has 17 heavy (non-hydrogen) atoms. The molecule has 0 aliphatic heterocycles. The van der Waals surface area contributed by atoms with Crippen molar-refractivity contribution in [1.82, 2.24) is 10.2 Å². The maximum atomic E-state index is 5.35. The van der Waals surface area contributed by atoms with Crippen LogP contribution >= 0.6 is 0 Å². The molecule has 0 amide bonds. The first kappa shape index (κ1) is 14.9. The molecule has 0 spiro atoms. The van der Waals surface area contributed by atoms with Crippen LogP contribution in [0.4, 0.5) is 0 Å². The van der Waals surface area contributed by atoms with Gasteiger partial charge < -0.3 is 10.1 Å². The quantitative estimate of drug-likeness (QED) is 0.740. The van der Waals surface area contributed by atoms with E-state index in [9.17, 15) is 0 Å². The molecular formula is C14H30N2O. The lowest BCUT2D eigenvalue weighted by Crippen LogP contribution is -2.48. The van der Waals surface area contributed by atoms with Gasteiger partial charge in [-0.15, -0.1) is 0 Å². The number of hydrogen-bond acceptors (Lipinski definition) is 3. The van der Waals surface area contributed by atoms with Crippen molar-refractivity contribution >= 4 is 0 Å². The SMILES string of the molecule is CCNCC(COC)N(C)C1CCC(C)CC1. The summed E-state index contributed by atoms with van der Waals surface area (Å²) in [6.45, 7) is 7.44. The van der Waals surface area contributed by atoms with Crippen molar-refractivity contribution in [3.8, 4) is 0 Å². The summed E-state index contributed by atoms with van der Waals surface area (Å²) in [5.74, 6) is 0.925. The average Bonchev–Trinajstić information content (AvgIpc) is 2.34. The molecule has 1 atom stereocenters. The van der Waals surface area contributed by atoms with Gasteiger partial charge in [-0.05, 0) is 45.2 Å². The summed E-state index contributed by atoms with van der Waals surface area (Å²) in [6, 6.07) is 1.27. The first-order chi connectivity index (χ1) is 8.19. The molecule has 0 aromatic carbocycles. The molecule has 1 saturated carbocycles. The fraction of sp³-hybridized carbons (Fsp3) is 1.00. The molecule has 0 saturated heterocycles. The zero-order valence-corrected chi connectivity index (χ0v) is 12.0. The smallest absolute Gasteiger partial charge is 0.0630 e. The first-order valence-corrected chi connectivity index (χ1v) is 7.10. The standard InChI is InChI=1S/C14H30N2O/c1-5-15-10-14(11-17-4)16(3)13-8-6-12(2)7-9-13/h12-15H,5-11H2,1-4H3. The van der Waals surface area contributed by atoms with E-state index < -0.39 is 0 Å².